The Kier molecular flexibility index (Phi) is 12.7. The normalized spacial score (nSPS) is 9.81. The monoisotopic (exact) mass is 242 g/mol. The van der Waals surface area contributed by atoms with Gasteiger partial charge in [-0.2, -0.15) is 0 Å². The van der Waals surface area contributed by atoms with Crippen LogP contribution in [0.5, 0.6) is 0 Å². The molecule has 0 heterocycles. The van der Waals surface area contributed by atoms with Gasteiger partial charge in [-0.25, -0.2) is 0 Å². The van der Waals surface area contributed by atoms with E-state index in [0.29, 0.717) is 6.42 Å². The molecule has 16 heavy (non-hydrogen) atoms. The standard InChI is InChI=1S/C12H24O2.Al.O/c1-2-3-4-5-6-7-8-9-10-11-12(13)14;;/h2-11H2,1H3,(H,13,14);;/q;+1;/p-1. The van der Waals surface area contributed by atoms with Crippen molar-refractivity contribution in [1.82, 2.24) is 0 Å². The van der Waals surface area contributed by atoms with Crippen molar-refractivity contribution in [3.05, 3.63) is 0 Å². The molecule has 0 atom stereocenters. The summed E-state index contributed by atoms with van der Waals surface area (Å²) in [6.07, 6.45) is 11.5. The van der Waals surface area contributed by atoms with Crippen molar-refractivity contribution in [2.24, 2.45) is 0 Å². The molecule has 0 saturated heterocycles. The first-order chi connectivity index (χ1) is 7.81. The van der Waals surface area contributed by atoms with Crippen molar-refractivity contribution in [2.45, 2.75) is 71.1 Å². The molecule has 0 amide bonds. The molecule has 3 nitrogen and oxygen atoms in total. The average molecular weight is 242 g/mol. The molecule has 0 aliphatic heterocycles. The Morgan fingerprint density at radius 3 is 1.94 bits per heavy atom. The molecule has 0 fully saturated rings. The Bertz CT molecular complexity index is 183. The molecule has 0 spiro atoms. The van der Waals surface area contributed by atoms with Gasteiger partial charge in [-0.05, 0) is 0 Å². The molecule has 0 aliphatic rings. The Labute approximate surface area is 105 Å². The summed E-state index contributed by atoms with van der Waals surface area (Å²) in [6.45, 7) is 2.22. The second-order valence-corrected chi connectivity index (χ2v) is 4.59. The quantitative estimate of drug-likeness (QED) is 0.412. The van der Waals surface area contributed by atoms with E-state index in [9.17, 15) is 8.60 Å². The number of carbonyl (C=O) groups is 1. The molecule has 0 aromatic heterocycles. The Morgan fingerprint density at radius 1 is 0.938 bits per heavy atom. The zero-order valence-electron chi connectivity index (χ0n) is 10.4. The van der Waals surface area contributed by atoms with E-state index in [-0.39, 0.29) is 5.97 Å². The molecule has 0 radical (unpaired) electrons. The van der Waals surface area contributed by atoms with Crippen LogP contribution in [0.2, 0.25) is 0 Å². The molecular weight excluding hydrogens is 219 g/mol. The molecule has 0 unspecified atom stereocenters. The van der Waals surface area contributed by atoms with Gasteiger partial charge >= 0.3 is 98.1 Å². The van der Waals surface area contributed by atoms with Gasteiger partial charge in [0.05, 0.1) is 0 Å². The van der Waals surface area contributed by atoms with Crippen LogP contribution < -0.4 is 0 Å². The summed E-state index contributed by atoms with van der Waals surface area (Å²) in [7, 11) is 0. The van der Waals surface area contributed by atoms with Gasteiger partial charge in [-0.1, -0.05) is 6.92 Å². The molecule has 4 heteroatoms. The number of unbranched alkanes of at least 4 members (excludes halogenated alkanes) is 8. The van der Waals surface area contributed by atoms with Gasteiger partial charge in [0.15, 0.2) is 0 Å². The molecule has 92 valence electrons. The summed E-state index contributed by atoms with van der Waals surface area (Å²) in [4.78, 5) is 10.8. The van der Waals surface area contributed by atoms with Gasteiger partial charge in [-0.15, -0.1) is 0 Å². The first kappa shape index (κ1) is 15.8. The summed E-state index contributed by atoms with van der Waals surface area (Å²) in [5, 5.41) is 0. The zero-order valence-corrected chi connectivity index (χ0v) is 11.5. The van der Waals surface area contributed by atoms with Crippen LogP contribution in [0.15, 0.2) is 0 Å². The van der Waals surface area contributed by atoms with Crippen LogP contribution in [-0.4, -0.2) is 21.5 Å². The topological polar surface area (TPSA) is 43.4 Å². The third-order valence-corrected chi connectivity index (χ3v) is 3.02. The Balaban J connectivity index is 3.03. The third-order valence-electron chi connectivity index (χ3n) is 2.66. The van der Waals surface area contributed by atoms with E-state index in [1.54, 1.807) is 0 Å². The number of hydrogen-bond acceptors (Lipinski definition) is 3. The first-order valence-electron chi connectivity index (χ1n) is 6.44. The fourth-order valence-electron chi connectivity index (χ4n) is 1.69. The molecule has 0 N–H and O–H groups in total. The summed E-state index contributed by atoms with van der Waals surface area (Å²) in [5.41, 5.74) is 0. The fraction of sp³-hybridized carbons (Fsp3) is 0.917. The van der Waals surface area contributed by atoms with Crippen molar-refractivity contribution in [1.29, 1.82) is 0 Å². The van der Waals surface area contributed by atoms with Crippen LogP contribution in [-0.2, 0) is 12.4 Å². The molecule has 0 rings (SSSR count). The van der Waals surface area contributed by atoms with Crippen molar-refractivity contribution in [2.75, 3.05) is 0 Å². The second kappa shape index (κ2) is 12.9. The minimum atomic E-state index is -1.37. The summed E-state index contributed by atoms with van der Waals surface area (Å²) in [6, 6.07) is 0. The third kappa shape index (κ3) is 11.9. The van der Waals surface area contributed by atoms with Gasteiger partial charge in [0.25, 0.3) is 0 Å². The van der Waals surface area contributed by atoms with E-state index < -0.39 is 15.5 Å². The van der Waals surface area contributed by atoms with Crippen LogP contribution in [0.1, 0.15) is 71.1 Å². The molecule has 0 saturated carbocycles. The van der Waals surface area contributed by atoms with Crippen LogP contribution >= 0.6 is 0 Å². The van der Waals surface area contributed by atoms with Crippen LogP contribution in [0.3, 0.4) is 0 Å². The molecule has 0 bridgehead atoms. The summed E-state index contributed by atoms with van der Waals surface area (Å²) in [5.74, 6) is -0.312. The van der Waals surface area contributed by atoms with Crippen molar-refractivity contribution in [3.63, 3.8) is 0 Å². The van der Waals surface area contributed by atoms with Crippen LogP contribution in [0, 0.1) is 0 Å². The zero-order chi connectivity index (χ0) is 12.1. The SMILES string of the molecule is CCCCCCCCCCCC(=O)[O][Al]=[O]. The van der Waals surface area contributed by atoms with E-state index in [1.165, 1.54) is 44.9 Å². The summed E-state index contributed by atoms with van der Waals surface area (Å²) < 4.78 is 14.4. The van der Waals surface area contributed by atoms with Gasteiger partial charge in [-0.3, -0.25) is 0 Å². The Morgan fingerprint density at radius 2 is 1.44 bits per heavy atom. The van der Waals surface area contributed by atoms with Gasteiger partial charge in [0, 0.05) is 0 Å². The molecule has 0 aromatic carbocycles. The maximum atomic E-state index is 10.8. The fourth-order valence-corrected chi connectivity index (χ4v) is 1.92. The maximum absolute atomic E-state index is 10.8. The Hall–Kier alpha value is -0.198. The predicted molar refractivity (Wildman–Crippen MR) is 64.4 cm³/mol. The van der Waals surface area contributed by atoms with Crippen LogP contribution in [0.25, 0.3) is 0 Å². The molecular formula is C12H23AlO3. The van der Waals surface area contributed by atoms with Gasteiger partial charge in [0.1, 0.15) is 0 Å². The predicted octanol–water partition coefficient (Wildman–Crippen LogP) is 3.42. The van der Waals surface area contributed by atoms with E-state index >= 15 is 0 Å². The molecule has 0 aromatic rings. The first-order valence-corrected chi connectivity index (χ1v) is 7.38. The van der Waals surface area contributed by atoms with Crippen molar-refractivity contribution < 1.29 is 12.4 Å². The number of hydrogen-bond donors (Lipinski definition) is 0. The number of rotatable bonds is 11. The van der Waals surface area contributed by atoms with Crippen molar-refractivity contribution >= 4 is 21.5 Å². The van der Waals surface area contributed by atoms with E-state index in [0.717, 1.165) is 12.8 Å². The average Bonchev–Trinajstić information content (AvgIpc) is 2.27. The summed E-state index contributed by atoms with van der Waals surface area (Å²) >= 11 is -1.37. The molecule has 0 aliphatic carbocycles. The van der Waals surface area contributed by atoms with E-state index in [1.807, 2.05) is 0 Å². The second-order valence-electron chi connectivity index (χ2n) is 4.16. The van der Waals surface area contributed by atoms with Crippen LogP contribution in [0.4, 0.5) is 0 Å². The van der Waals surface area contributed by atoms with Gasteiger partial charge < -0.3 is 0 Å². The van der Waals surface area contributed by atoms with E-state index in [2.05, 4.69) is 10.7 Å². The van der Waals surface area contributed by atoms with Crippen molar-refractivity contribution in [3.8, 4) is 0 Å². The van der Waals surface area contributed by atoms with E-state index in [4.69, 9.17) is 0 Å². The number of carbonyl (C=O) groups excluding carboxylic acids is 1. The van der Waals surface area contributed by atoms with Gasteiger partial charge in [0.2, 0.25) is 0 Å². The minimum absolute atomic E-state index is 0.312.